The maximum atomic E-state index is 5.11. The van der Waals surface area contributed by atoms with Gasteiger partial charge in [-0.25, -0.2) is 5.01 Å². The van der Waals surface area contributed by atoms with Crippen LogP contribution in [0.1, 0.15) is 12.0 Å². The topological polar surface area (TPSA) is 24.5 Å². The average molecular weight is 192 g/mol. The maximum absolute atomic E-state index is 5.11. The predicted octanol–water partition coefficient (Wildman–Crippen LogP) is 1.41. The lowest BCUT2D eigenvalue weighted by Crippen LogP contribution is -2.29. The molecule has 0 bridgehead atoms. The molecule has 1 aromatic carbocycles. The fourth-order valence-corrected chi connectivity index (χ4v) is 1.67. The molecular formula is C11H16N2O. The Bertz CT molecular complexity index is 278. The summed E-state index contributed by atoms with van der Waals surface area (Å²) in [6.07, 6.45) is 1.25. The quantitative estimate of drug-likeness (QED) is 0.783. The molecule has 1 saturated heterocycles. The smallest absolute Gasteiger partial charge is 0.118 e. The Balaban J connectivity index is 1.95. The zero-order chi connectivity index (χ0) is 9.80. The summed E-state index contributed by atoms with van der Waals surface area (Å²) in [4.78, 5) is 0. The minimum Gasteiger partial charge on any atom is -0.497 e. The maximum Gasteiger partial charge on any atom is 0.118 e. The van der Waals surface area contributed by atoms with Crippen molar-refractivity contribution in [1.29, 1.82) is 0 Å². The van der Waals surface area contributed by atoms with Crippen molar-refractivity contribution in [3.05, 3.63) is 29.8 Å². The molecule has 1 aromatic rings. The Morgan fingerprint density at radius 1 is 1.36 bits per heavy atom. The highest BCUT2D eigenvalue weighted by molar-refractivity contribution is 5.27. The van der Waals surface area contributed by atoms with Crippen molar-refractivity contribution in [2.45, 2.75) is 13.0 Å². The van der Waals surface area contributed by atoms with E-state index in [-0.39, 0.29) is 0 Å². The van der Waals surface area contributed by atoms with Crippen molar-refractivity contribution in [3.63, 3.8) is 0 Å². The number of nitrogens with zero attached hydrogens (tertiary/aromatic N) is 1. The number of benzene rings is 1. The third-order valence-corrected chi connectivity index (χ3v) is 2.47. The first-order valence-corrected chi connectivity index (χ1v) is 5.00. The van der Waals surface area contributed by atoms with E-state index in [0.29, 0.717) is 0 Å². The van der Waals surface area contributed by atoms with Crippen molar-refractivity contribution in [2.24, 2.45) is 0 Å². The van der Waals surface area contributed by atoms with Crippen LogP contribution in [-0.4, -0.2) is 25.2 Å². The lowest BCUT2D eigenvalue weighted by atomic mass is 10.2. The highest BCUT2D eigenvalue weighted by atomic mass is 16.5. The Hall–Kier alpha value is -1.06. The third-order valence-electron chi connectivity index (χ3n) is 2.47. The molecule has 76 valence electrons. The fourth-order valence-electron chi connectivity index (χ4n) is 1.67. The van der Waals surface area contributed by atoms with E-state index < -0.39 is 0 Å². The van der Waals surface area contributed by atoms with Crippen LogP contribution in [0, 0.1) is 0 Å². The predicted molar refractivity (Wildman–Crippen MR) is 56.0 cm³/mol. The van der Waals surface area contributed by atoms with Crippen LogP contribution in [0.5, 0.6) is 5.75 Å². The zero-order valence-corrected chi connectivity index (χ0v) is 8.49. The minimum absolute atomic E-state index is 0.920. The van der Waals surface area contributed by atoms with Gasteiger partial charge in [-0.1, -0.05) is 12.1 Å². The van der Waals surface area contributed by atoms with Gasteiger partial charge in [0.25, 0.3) is 0 Å². The van der Waals surface area contributed by atoms with Gasteiger partial charge in [-0.3, -0.25) is 5.43 Å². The normalized spacial score (nSPS) is 17.2. The van der Waals surface area contributed by atoms with Gasteiger partial charge in [0, 0.05) is 19.6 Å². The van der Waals surface area contributed by atoms with Gasteiger partial charge in [0.2, 0.25) is 0 Å². The summed E-state index contributed by atoms with van der Waals surface area (Å²) in [5.74, 6) is 0.920. The van der Waals surface area contributed by atoms with E-state index in [9.17, 15) is 0 Å². The van der Waals surface area contributed by atoms with E-state index >= 15 is 0 Å². The minimum atomic E-state index is 0.920. The van der Waals surface area contributed by atoms with Crippen LogP contribution in [0.25, 0.3) is 0 Å². The van der Waals surface area contributed by atoms with Crippen molar-refractivity contribution in [3.8, 4) is 5.75 Å². The fraction of sp³-hybridized carbons (Fsp3) is 0.455. The molecule has 1 aliphatic heterocycles. The molecule has 1 N–H and O–H groups in total. The molecule has 0 spiro atoms. The summed E-state index contributed by atoms with van der Waals surface area (Å²) in [6, 6.07) is 8.23. The molecule has 0 unspecified atom stereocenters. The van der Waals surface area contributed by atoms with Crippen molar-refractivity contribution < 1.29 is 4.74 Å². The zero-order valence-electron chi connectivity index (χ0n) is 8.49. The second kappa shape index (κ2) is 4.44. The molecule has 0 aromatic heterocycles. The molecule has 0 amide bonds. The van der Waals surface area contributed by atoms with E-state index in [4.69, 9.17) is 4.74 Å². The number of rotatable bonds is 3. The largest absolute Gasteiger partial charge is 0.497 e. The molecule has 3 heteroatoms. The van der Waals surface area contributed by atoms with Gasteiger partial charge in [-0.15, -0.1) is 0 Å². The van der Waals surface area contributed by atoms with Crippen LogP contribution in [0.15, 0.2) is 24.3 Å². The van der Waals surface area contributed by atoms with Crippen LogP contribution in [-0.2, 0) is 6.54 Å². The lowest BCUT2D eigenvalue weighted by molar-refractivity contribution is 0.244. The summed E-state index contributed by atoms with van der Waals surface area (Å²) in [6.45, 7) is 3.23. The van der Waals surface area contributed by atoms with Crippen LogP contribution in [0.4, 0.5) is 0 Å². The van der Waals surface area contributed by atoms with Crippen LogP contribution >= 0.6 is 0 Å². The van der Waals surface area contributed by atoms with Crippen molar-refractivity contribution >= 4 is 0 Å². The van der Waals surface area contributed by atoms with Gasteiger partial charge in [-0.2, -0.15) is 0 Å². The Morgan fingerprint density at radius 2 is 2.14 bits per heavy atom. The molecule has 0 atom stereocenters. The van der Waals surface area contributed by atoms with E-state index in [1.165, 1.54) is 12.0 Å². The third kappa shape index (κ3) is 2.25. The van der Waals surface area contributed by atoms with E-state index in [2.05, 4.69) is 22.6 Å². The van der Waals surface area contributed by atoms with Gasteiger partial charge >= 0.3 is 0 Å². The summed E-state index contributed by atoms with van der Waals surface area (Å²) < 4.78 is 5.11. The summed E-state index contributed by atoms with van der Waals surface area (Å²) in [5, 5.41) is 2.25. The number of hydrogen-bond acceptors (Lipinski definition) is 3. The SMILES string of the molecule is COc1ccc(CN2CCCN2)cc1. The number of hydrazine groups is 1. The van der Waals surface area contributed by atoms with Crippen molar-refractivity contribution in [1.82, 2.24) is 10.4 Å². The molecule has 0 radical (unpaired) electrons. The highest BCUT2D eigenvalue weighted by Gasteiger charge is 2.10. The van der Waals surface area contributed by atoms with Crippen LogP contribution in [0.2, 0.25) is 0 Å². The summed E-state index contributed by atoms with van der Waals surface area (Å²) >= 11 is 0. The van der Waals surface area contributed by atoms with Crippen LogP contribution < -0.4 is 10.2 Å². The van der Waals surface area contributed by atoms with Gasteiger partial charge < -0.3 is 4.74 Å². The first-order valence-electron chi connectivity index (χ1n) is 5.00. The average Bonchev–Trinajstić information content (AvgIpc) is 2.72. The van der Waals surface area contributed by atoms with E-state index in [1.54, 1.807) is 7.11 Å². The second-order valence-electron chi connectivity index (χ2n) is 3.53. The first kappa shape index (κ1) is 9.49. The number of methoxy groups -OCH3 is 1. The van der Waals surface area contributed by atoms with Crippen molar-refractivity contribution in [2.75, 3.05) is 20.2 Å². The molecule has 3 nitrogen and oxygen atoms in total. The molecular weight excluding hydrogens is 176 g/mol. The number of ether oxygens (including phenoxy) is 1. The molecule has 2 rings (SSSR count). The lowest BCUT2D eigenvalue weighted by Gasteiger charge is -2.14. The van der Waals surface area contributed by atoms with Gasteiger partial charge in [-0.05, 0) is 24.1 Å². The molecule has 0 saturated carbocycles. The van der Waals surface area contributed by atoms with Gasteiger partial charge in [0.15, 0.2) is 0 Å². The van der Waals surface area contributed by atoms with E-state index in [0.717, 1.165) is 25.4 Å². The Labute approximate surface area is 84.6 Å². The first-order chi connectivity index (χ1) is 6.88. The molecule has 0 aliphatic carbocycles. The summed E-state index contributed by atoms with van der Waals surface area (Å²) in [7, 11) is 1.69. The molecule has 1 aliphatic rings. The highest BCUT2D eigenvalue weighted by Crippen LogP contribution is 2.13. The van der Waals surface area contributed by atoms with Crippen LogP contribution in [0.3, 0.4) is 0 Å². The second-order valence-corrected chi connectivity index (χ2v) is 3.53. The van der Waals surface area contributed by atoms with Gasteiger partial charge in [0.05, 0.1) is 7.11 Å². The monoisotopic (exact) mass is 192 g/mol. The molecule has 1 heterocycles. The number of hydrogen-bond donors (Lipinski definition) is 1. The number of nitrogens with one attached hydrogen (secondary N) is 1. The molecule has 14 heavy (non-hydrogen) atoms. The summed E-state index contributed by atoms with van der Waals surface area (Å²) in [5.41, 5.74) is 4.66. The van der Waals surface area contributed by atoms with Gasteiger partial charge in [0.1, 0.15) is 5.75 Å². The molecule has 1 fully saturated rings. The Morgan fingerprint density at radius 3 is 2.71 bits per heavy atom. The standard InChI is InChI=1S/C11H16N2O/c1-14-11-5-3-10(4-6-11)9-13-8-2-7-12-13/h3-6,12H,2,7-9H2,1H3. The van der Waals surface area contributed by atoms with E-state index in [1.807, 2.05) is 12.1 Å². The Kier molecular flexibility index (Phi) is 3.01.